The summed E-state index contributed by atoms with van der Waals surface area (Å²) < 4.78 is 73.7. The number of pyridine rings is 1. The number of hydrogen-bond acceptors (Lipinski definition) is 4. The molecule has 0 bridgehead atoms. The summed E-state index contributed by atoms with van der Waals surface area (Å²) in [5.41, 5.74) is 0.139. The maximum Gasteiger partial charge on any atom is 0.409 e. The number of halogens is 4. The lowest BCUT2D eigenvalue weighted by molar-refractivity contribution is -0.171. The topological polar surface area (TPSA) is 63.9 Å². The standard InChI is InChI=1S/C17H15ClF3N3O3S/c1-23(16(17(19,20)21)11-3-5-12(27-2)6-4-11)28(25,26)13-7-8-15-22-14(18)10-24(15)9-13/h3-10,16H,1-2H3/t16-/m1/s1. The third kappa shape index (κ3) is 3.80. The number of ether oxygens (including phenoxy) is 1. The summed E-state index contributed by atoms with van der Waals surface area (Å²) in [6, 6.07) is 5.23. The van der Waals surface area contributed by atoms with Gasteiger partial charge in [0.15, 0.2) is 0 Å². The van der Waals surface area contributed by atoms with Gasteiger partial charge < -0.3 is 9.14 Å². The van der Waals surface area contributed by atoms with Crippen LogP contribution in [0, 0.1) is 0 Å². The summed E-state index contributed by atoms with van der Waals surface area (Å²) in [6.07, 6.45) is -2.30. The van der Waals surface area contributed by atoms with Gasteiger partial charge >= 0.3 is 6.18 Å². The fourth-order valence-corrected chi connectivity index (χ4v) is 4.32. The van der Waals surface area contributed by atoms with Gasteiger partial charge in [0.1, 0.15) is 22.6 Å². The highest BCUT2D eigenvalue weighted by molar-refractivity contribution is 7.89. The lowest BCUT2D eigenvalue weighted by Gasteiger charge is -2.29. The summed E-state index contributed by atoms with van der Waals surface area (Å²) in [6.45, 7) is 0. The molecule has 2 aromatic heterocycles. The van der Waals surface area contributed by atoms with Crippen LogP contribution in [-0.2, 0) is 10.0 Å². The molecule has 0 saturated carbocycles. The van der Waals surface area contributed by atoms with Crippen molar-refractivity contribution < 1.29 is 26.3 Å². The molecule has 0 radical (unpaired) electrons. The molecule has 1 aromatic carbocycles. The minimum absolute atomic E-state index is 0.134. The van der Waals surface area contributed by atoms with E-state index in [1.165, 1.54) is 60.3 Å². The number of fused-ring (bicyclic) bond motifs is 1. The first-order valence-corrected chi connectivity index (χ1v) is 9.69. The Balaban J connectivity index is 2.05. The maximum atomic E-state index is 13.8. The van der Waals surface area contributed by atoms with Crippen LogP contribution in [-0.4, -0.2) is 42.4 Å². The van der Waals surface area contributed by atoms with Gasteiger partial charge in [-0.15, -0.1) is 0 Å². The van der Waals surface area contributed by atoms with E-state index in [2.05, 4.69) is 4.98 Å². The minimum Gasteiger partial charge on any atom is -0.497 e. The first-order valence-electron chi connectivity index (χ1n) is 7.87. The number of benzene rings is 1. The molecule has 1 atom stereocenters. The second kappa shape index (κ2) is 7.26. The summed E-state index contributed by atoms with van der Waals surface area (Å²) in [7, 11) is -2.21. The number of hydrogen-bond donors (Lipinski definition) is 0. The molecule has 0 amide bonds. The number of methoxy groups -OCH3 is 1. The van der Waals surface area contributed by atoms with Gasteiger partial charge in [0.25, 0.3) is 0 Å². The van der Waals surface area contributed by atoms with Crippen molar-refractivity contribution in [2.45, 2.75) is 17.1 Å². The van der Waals surface area contributed by atoms with Crippen LogP contribution in [0.1, 0.15) is 11.6 Å². The summed E-state index contributed by atoms with van der Waals surface area (Å²) in [5, 5.41) is 0.134. The van der Waals surface area contributed by atoms with Crippen molar-refractivity contribution in [1.29, 1.82) is 0 Å². The highest BCUT2D eigenvalue weighted by Crippen LogP contribution is 2.40. The zero-order chi connectivity index (χ0) is 20.7. The first kappa shape index (κ1) is 20.4. The van der Waals surface area contributed by atoms with E-state index >= 15 is 0 Å². The molecular formula is C17H15ClF3N3O3S. The van der Waals surface area contributed by atoms with Crippen molar-refractivity contribution in [2.75, 3.05) is 14.2 Å². The van der Waals surface area contributed by atoms with E-state index in [4.69, 9.17) is 16.3 Å². The summed E-state index contributed by atoms with van der Waals surface area (Å²) >= 11 is 5.78. The monoisotopic (exact) mass is 433 g/mol. The van der Waals surface area contributed by atoms with Crippen molar-refractivity contribution in [3.63, 3.8) is 0 Å². The normalized spacial score (nSPS) is 13.8. The van der Waals surface area contributed by atoms with Crippen LogP contribution >= 0.6 is 11.6 Å². The Hall–Kier alpha value is -2.30. The molecule has 3 aromatic rings. The molecule has 0 saturated heterocycles. The Labute approximate surface area is 164 Å². The molecule has 0 aliphatic carbocycles. The van der Waals surface area contributed by atoms with Crippen LogP contribution < -0.4 is 4.74 Å². The highest BCUT2D eigenvalue weighted by atomic mass is 35.5. The molecule has 0 fully saturated rings. The van der Waals surface area contributed by atoms with Crippen molar-refractivity contribution in [1.82, 2.24) is 13.7 Å². The largest absolute Gasteiger partial charge is 0.497 e. The Bertz CT molecular complexity index is 1100. The van der Waals surface area contributed by atoms with Crippen LogP contribution in [0.2, 0.25) is 5.15 Å². The fraction of sp³-hybridized carbons (Fsp3) is 0.235. The molecule has 150 valence electrons. The zero-order valence-corrected chi connectivity index (χ0v) is 16.3. The molecule has 3 rings (SSSR count). The van der Waals surface area contributed by atoms with Gasteiger partial charge in [-0.05, 0) is 29.8 Å². The molecule has 6 nitrogen and oxygen atoms in total. The minimum atomic E-state index is -4.83. The first-order chi connectivity index (χ1) is 13.0. The van der Waals surface area contributed by atoms with E-state index in [0.29, 0.717) is 15.7 Å². The summed E-state index contributed by atoms with van der Waals surface area (Å²) in [4.78, 5) is 3.63. The van der Waals surface area contributed by atoms with Gasteiger partial charge in [0, 0.05) is 19.4 Å². The lowest BCUT2D eigenvalue weighted by Crippen LogP contribution is -2.39. The quantitative estimate of drug-likeness (QED) is 0.611. The highest BCUT2D eigenvalue weighted by Gasteiger charge is 2.47. The van der Waals surface area contributed by atoms with Gasteiger partial charge in [-0.3, -0.25) is 0 Å². The predicted octanol–water partition coefficient (Wildman–Crippen LogP) is 3.92. The lowest BCUT2D eigenvalue weighted by atomic mass is 10.1. The number of rotatable bonds is 5. The SMILES string of the molecule is COc1ccc([C@@H](N(C)S(=O)(=O)c2ccc3nc(Cl)cn3c2)C(F)(F)F)cc1. The van der Waals surface area contributed by atoms with Gasteiger partial charge in [-0.25, -0.2) is 13.4 Å². The van der Waals surface area contributed by atoms with Crippen molar-refractivity contribution in [2.24, 2.45) is 0 Å². The van der Waals surface area contributed by atoms with Crippen LogP contribution in [0.3, 0.4) is 0 Å². The van der Waals surface area contributed by atoms with Gasteiger partial charge in [-0.1, -0.05) is 23.7 Å². The van der Waals surface area contributed by atoms with Gasteiger partial charge in [0.05, 0.1) is 12.0 Å². The third-order valence-electron chi connectivity index (χ3n) is 4.18. The fourth-order valence-electron chi connectivity index (χ4n) is 2.79. The van der Waals surface area contributed by atoms with Crippen LogP contribution in [0.25, 0.3) is 5.65 Å². The maximum absolute atomic E-state index is 13.8. The number of aromatic nitrogens is 2. The van der Waals surface area contributed by atoms with E-state index in [-0.39, 0.29) is 15.6 Å². The molecular weight excluding hydrogens is 419 g/mol. The smallest absolute Gasteiger partial charge is 0.409 e. The molecule has 28 heavy (non-hydrogen) atoms. The number of sulfonamides is 1. The molecule has 0 spiro atoms. The second-order valence-corrected chi connectivity index (χ2v) is 8.32. The number of imidazole rings is 1. The zero-order valence-electron chi connectivity index (χ0n) is 14.7. The molecule has 0 N–H and O–H groups in total. The number of nitrogens with zero attached hydrogens (tertiary/aromatic N) is 3. The Morgan fingerprint density at radius 1 is 1.14 bits per heavy atom. The molecule has 2 heterocycles. The van der Waals surface area contributed by atoms with Crippen molar-refractivity contribution >= 4 is 27.3 Å². The average molecular weight is 434 g/mol. The van der Waals surface area contributed by atoms with E-state index in [0.717, 1.165) is 7.05 Å². The molecule has 0 aliphatic rings. The average Bonchev–Trinajstić information content (AvgIpc) is 3.00. The van der Waals surface area contributed by atoms with Crippen LogP contribution in [0.4, 0.5) is 13.2 Å². The van der Waals surface area contributed by atoms with Crippen LogP contribution in [0.15, 0.2) is 53.7 Å². The Kier molecular flexibility index (Phi) is 5.30. The Morgan fingerprint density at radius 2 is 1.79 bits per heavy atom. The molecule has 11 heteroatoms. The van der Waals surface area contributed by atoms with Crippen molar-refractivity contribution in [3.05, 3.63) is 59.5 Å². The van der Waals surface area contributed by atoms with Crippen molar-refractivity contribution in [3.8, 4) is 5.75 Å². The predicted molar refractivity (Wildman–Crippen MR) is 96.9 cm³/mol. The third-order valence-corrected chi connectivity index (χ3v) is 6.17. The van der Waals surface area contributed by atoms with E-state index in [1.54, 1.807) is 0 Å². The Morgan fingerprint density at radius 3 is 2.36 bits per heavy atom. The van der Waals surface area contributed by atoms with Gasteiger partial charge in [0.2, 0.25) is 10.0 Å². The van der Waals surface area contributed by atoms with E-state index < -0.39 is 22.2 Å². The summed E-state index contributed by atoms with van der Waals surface area (Å²) in [5.74, 6) is 0.359. The molecule has 0 aliphatic heterocycles. The second-order valence-electron chi connectivity index (χ2n) is 5.93. The molecule has 0 unspecified atom stereocenters. The van der Waals surface area contributed by atoms with Crippen LogP contribution in [0.5, 0.6) is 5.75 Å². The van der Waals surface area contributed by atoms with Gasteiger partial charge in [-0.2, -0.15) is 17.5 Å². The van der Waals surface area contributed by atoms with E-state index in [9.17, 15) is 21.6 Å². The van der Waals surface area contributed by atoms with E-state index in [1.807, 2.05) is 0 Å². The number of alkyl halides is 3.